The molecule has 116 valence electrons. The molecule has 1 unspecified atom stereocenters. The van der Waals surface area contributed by atoms with E-state index in [-0.39, 0.29) is 18.9 Å². The van der Waals surface area contributed by atoms with Crippen molar-refractivity contribution in [3.8, 4) is 0 Å². The molecule has 6 nitrogen and oxygen atoms in total. The summed E-state index contributed by atoms with van der Waals surface area (Å²) < 4.78 is 125. The topological polar surface area (TPSA) is 94.6 Å². The van der Waals surface area contributed by atoms with Gasteiger partial charge in [0.1, 0.15) is 0 Å². The molecule has 0 bridgehead atoms. The van der Waals surface area contributed by atoms with Gasteiger partial charge in [0.05, 0.1) is 0 Å². The van der Waals surface area contributed by atoms with Crippen molar-refractivity contribution in [3.05, 3.63) is 0 Å². The molecule has 0 rings (SSSR count). The van der Waals surface area contributed by atoms with Crippen LogP contribution in [0.3, 0.4) is 0 Å². The largest absolute Gasteiger partial charge is 1.00 e. The van der Waals surface area contributed by atoms with Crippen molar-refractivity contribution in [1.29, 1.82) is 0 Å². The van der Waals surface area contributed by atoms with E-state index in [1.165, 1.54) is 0 Å². The Kier molecular flexibility index (Phi) is 7.33. The summed E-state index contributed by atoms with van der Waals surface area (Å²) in [6.07, 6.45) is 0.352. The zero-order chi connectivity index (χ0) is 15.9. The van der Waals surface area contributed by atoms with E-state index in [4.69, 9.17) is 0 Å². The summed E-state index contributed by atoms with van der Waals surface area (Å²) >= 11 is -3.02. The normalized spacial score (nSPS) is 15.8. The van der Waals surface area contributed by atoms with E-state index in [0.717, 1.165) is 0 Å². The van der Waals surface area contributed by atoms with Gasteiger partial charge >= 0.3 is 29.9 Å². The number of sulfone groups is 2. The van der Waals surface area contributed by atoms with Crippen LogP contribution >= 0.6 is 0 Å². The summed E-state index contributed by atoms with van der Waals surface area (Å²) in [6.45, 7) is 0. The van der Waals surface area contributed by atoms with Gasteiger partial charge in [-0.3, -0.25) is 4.18 Å². The maximum absolute atomic E-state index is 12.1. The van der Waals surface area contributed by atoms with Crippen molar-refractivity contribution >= 4 is 30.8 Å². The van der Waals surface area contributed by atoms with Crippen molar-refractivity contribution in [2.45, 2.75) is 15.8 Å². The van der Waals surface area contributed by atoms with Gasteiger partial charge in [-0.05, 0) is 0 Å². The summed E-state index contributed by atoms with van der Waals surface area (Å²) in [5, 5.41) is 0. The van der Waals surface area contributed by atoms with Gasteiger partial charge in [0.15, 0.2) is 11.1 Å². The van der Waals surface area contributed by atoms with Gasteiger partial charge in [-0.15, -0.1) is 0 Å². The van der Waals surface area contributed by atoms with E-state index in [0.29, 0.717) is 6.26 Å². The predicted molar refractivity (Wildman–Crippen MR) is 48.9 cm³/mol. The van der Waals surface area contributed by atoms with Crippen LogP contribution in [0.2, 0.25) is 0 Å². The minimum absolute atomic E-state index is 0. The third-order valence-electron chi connectivity index (χ3n) is 1.37. The molecule has 0 saturated carbocycles. The van der Waals surface area contributed by atoms with Crippen LogP contribution in [0.15, 0.2) is 0 Å². The quantitative estimate of drug-likeness (QED) is 0.402. The first-order valence-electron chi connectivity index (χ1n) is 3.66. The molecule has 0 aliphatic rings. The molecule has 1 atom stereocenters. The molecule has 20 heavy (non-hydrogen) atoms. The molecule has 0 aromatic heterocycles. The third-order valence-corrected chi connectivity index (χ3v) is 6.09. The van der Waals surface area contributed by atoms with Crippen LogP contribution < -0.4 is 18.9 Å². The van der Waals surface area contributed by atoms with Gasteiger partial charge in [0.2, 0.25) is 0 Å². The Labute approximate surface area is 123 Å². The standard InChI is InChI=1S/C4H4F6O6S3.Li/c1-17(11)16-2(18(12,13)3(5,6)7)19(14,15)4(8,9)10;/h2H,1H3;/q;+1. The van der Waals surface area contributed by atoms with E-state index in [2.05, 4.69) is 4.18 Å². The van der Waals surface area contributed by atoms with Crippen LogP contribution in [0.4, 0.5) is 26.3 Å². The SMILES string of the molecule is CS(=O)OC(S(=O)(=O)C(F)(F)F)S(=O)(=O)C(F)(F)F.[Li+]. The Morgan fingerprint density at radius 3 is 1.30 bits per heavy atom. The van der Waals surface area contributed by atoms with E-state index in [1.807, 2.05) is 0 Å². The minimum Gasteiger partial charge on any atom is -0.253 e. The molecular weight excluding hydrogens is 361 g/mol. The molecule has 0 amide bonds. The van der Waals surface area contributed by atoms with Crippen molar-refractivity contribution in [1.82, 2.24) is 0 Å². The molecular formula is C4H4F6LiO6S3+. The Hall–Kier alpha value is 0.187. The van der Waals surface area contributed by atoms with Crippen molar-refractivity contribution in [2.75, 3.05) is 6.26 Å². The molecule has 0 aromatic rings. The first kappa shape index (κ1) is 22.5. The molecule has 0 heterocycles. The second-order valence-electron chi connectivity index (χ2n) is 2.77. The monoisotopic (exact) mass is 365 g/mol. The molecule has 0 fully saturated rings. The van der Waals surface area contributed by atoms with Gasteiger partial charge in [0.25, 0.3) is 24.4 Å². The molecule has 0 spiro atoms. The van der Waals surface area contributed by atoms with Crippen molar-refractivity contribution in [3.63, 3.8) is 0 Å². The van der Waals surface area contributed by atoms with Gasteiger partial charge < -0.3 is 0 Å². The summed E-state index contributed by atoms with van der Waals surface area (Å²) in [5.41, 5.74) is -12.7. The van der Waals surface area contributed by atoms with Crippen LogP contribution in [0.25, 0.3) is 0 Å². The smallest absolute Gasteiger partial charge is 0.253 e. The molecule has 0 saturated heterocycles. The van der Waals surface area contributed by atoms with Gasteiger partial charge in [0, 0.05) is 6.26 Å². The second kappa shape index (κ2) is 6.53. The summed E-state index contributed by atoms with van der Waals surface area (Å²) in [4.78, 5) is 0. The molecule has 0 aliphatic heterocycles. The average molecular weight is 365 g/mol. The van der Waals surface area contributed by atoms with Crippen molar-refractivity contribution < 1.29 is 70.4 Å². The minimum atomic E-state index is -6.90. The second-order valence-corrected chi connectivity index (χ2v) is 8.02. The first-order chi connectivity index (χ1) is 8.05. The Bertz CT molecular complexity index is 516. The van der Waals surface area contributed by atoms with E-state index < -0.39 is 46.5 Å². The summed E-state index contributed by atoms with van der Waals surface area (Å²) in [5.74, 6) is 0. The Morgan fingerprint density at radius 1 is 0.900 bits per heavy atom. The number of halogens is 6. The molecule has 0 radical (unpaired) electrons. The van der Waals surface area contributed by atoms with Crippen LogP contribution in [0.1, 0.15) is 0 Å². The van der Waals surface area contributed by atoms with Crippen LogP contribution in [-0.2, 0) is 34.9 Å². The fourth-order valence-corrected chi connectivity index (χ4v) is 4.74. The van der Waals surface area contributed by atoms with Gasteiger partial charge in [-0.25, -0.2) is 21.0 Å². The van der Waals surface area contributed by atoms with Crippen LogP contribution in [0, 0.1) is 0 Å². The first-order valence-corrected chi connectivity index (χ1v) is 8.23. The maximum Gasteiger partial charge on any atom is 1.00 e. The predicted octanol–water partition coefficient (Wildman–Crippen LogP) is -2.55. The molecule has 0 aliphatic carbocycles. The maximum atomic E-state index is 12.1. The van der Waals surface area contributed by atoms with Gasteiger partial charge in [-0.1, -0.05) is 0 Å². The fraction of sp³-hybridized carbons (Fsp3) is 1.00. The number of hydrogen-bond donors (Lipinski definition) is 0. The number of alkyl halides is 6. The third kappa shape index (κ3) is 4.60. The van der Waals surface area contributed by atoms with E-state index in [1.54, 1.807) is 0 Å². The van der Waals surface area contributed by atoms with Crippen LogP contribution in [-0.4, -0.2) is 43.1 Å². The van der Waals surface area contributed by atoms with Crippen LogP contribution in [0.5, 0.6) is 0 Å². The number of rotatable bonds is 4. The molecule has 16 heteroatoms. The average Bonchev–Trinajstić information content (AvgIpc) is 2.09. The zero-order valence-electron chi connectivity index (χ0n) is 9.52. The Balaban J connectivity index is 0. The van der Waals surface area contributed by atoms with Crippen molar-refractivity contribution in [2.24, 2.45) is 0 Å². The summed E-state index contributed by atoms with van der Waals surface area (Å²) in [6, 6.07) is 0. The molecule has 0 aromatic carbocycles. The Morgan fingerprint density at radius 2 is 1.15 bits per heavy atom. The van der Waals surface area contributed by atoms with E-state index >= 15 is 0 Å². The number of hydrogen-bond acceptors (Lipinski definition) is 6. The molecule has 0 N–H and O–H groups in total. The fourth-order valence-electron chi connectivity index (χ4n) is 0.599. The van der Waals surface area contributed by atoms with Gasteiger partial charge in [-0.2, -0.15) is 26.3 Å². The zero-order valence-corrected chi connectivity index (χ0v) is 12.0. The van der Waals surface area contributed by atoms with E-state index in [9.17, 15) is 47.4 Å². The summed E-state index contributed by atoms with van der Waals surface area (Å²) in [7, 11) is -13.8.